The Morgan fingerprint density at radius 1 is 0.213 bits per heavy atom. The topological polar surface area (TPSA) is 45.9 Å². The van der Waals surface area contributed by atoms with E-state index in [1.165, 1.54) is 0 Å². The first-order valence-corrected chi connectivity index (χ1v) is 41.9. The normalized spacial score (nSPS) is 12.4. The Morgan fingerprint density at radius 2 is 0.533 bits per heavy atom. The highest BCUT2D eigenvalue weighted by Crippen LogP contribution is 2.57. The number of furan rings is 2. The van der Waals surface area contributed by atoms with Crippen LogP contribution in [0.2, 0.25) is 0 Å². The summed E-state index contributed by atoms with van der Waals surface area (Å²) in [6.07, 6.45) is 0. The maximum absolute atomic E-state index is 7.70. The van der Waals surface area contributed by atoms with Gasteiger partial charge in [-0.05, 0) is 205 Å². The average Bonchev–Trinajstić information content (AvgIpc) is 1.18. The van der Waals surface area contributed by atoms with Crippen LogP contribution in [0.1, 0.15) is 0 Å². The Morgan fingerprint density at radius 3 is 0.918 bits per heavy atom. The lowest BCUT2D eigenvalue weighted by molar-refractivity contribution is 0.669. The van der Waals surface area contributed by atoms with E-state index in [4.69, 9.17) is 8.83 Å². The lowest BCUT2D eigenvalue weighted by Gasteiger charge is -2.45. The fraction of sp³-hybridized carbons (Fsp3) is 0. The molecule has 2 aliphatic rings. The number of para-hydroxylation sites is 4. The minimum Gasteiger partial charge on any atom is -0.454 e. The summed E-state index contributed by atoms with van der Waals surface area (Å²) < 4.78 is 20.4. The molecule has 0 spiro atoms. The highest BCUT2D eigenvalue weighted by Gasteiger charge is 2.47. The van der Waals surface area contributed by atoms with E-state index in [9.17, 15) is 0 Å². The van der Waals surface area contributed by atoms with Crippen molar-refractivity contribution in [2.24, 2.45) is 0 Å². The molecule has 0 aliphatic carbocycles. The van der Waals surface area contributed by atoms with Gasteiger partial charge in [-0.2, -0.15) is 0 Å². The molecule has 0 unspecified atom stereocenters. The van der Waals surface area contributed by atoms with Crippen LogP contribution in [-0.4, -0.2) is 15.8 Å². The molecule has 568 valence electrons. The van der Waals surface area contributed by atoms with Crippen LogP contribution in [-0.2, 0) is 0 Å². The second kappa shape index (κ2) is 27.8. The van der Waals surface area contributed by atoms with Gasteiger partial charge in [0.1, 0.15) is 11.2 Å². The predicted molar refractivity (Wildman–Crippen MR) is 511 cm³/mol. The second-order valence-electron chi connectivity index (χ2n) is 32.2. The van der Waals surface area contributed by atoms with Crippen molar-refractivity contribution in [2.45, 2.75) is 0 Å². The summed E-state index contributed by atoms with van der Waals surface area (Å²) >= 11 is 0. The fourth-order valence-corrected chi connectivity index (χ4v) is 20.0. The van der Waals surface area contributed by atoms with Crippen LogP contribution in [0.5, 0.6) is 0 Å². The maximum atomic E-state index is 7.70. The number of hydrogen-bond acceptors (Lipinski definition) is 5. The number of rotatable bonds is 13. The zero-order valence-corrected chi connectivity index (χ0v) is 66.2. The van der Waals surface area contributed by atoms with Crippen LogP contribution in [0.4, 0.5) is 51.2 Å². The van der Waals surface area contributed by atoms with Crippen LogP contribution < -0.4 is 31.1 Å². The summed E-state index contributed by atoms with van der Waals surface area (Å²) in [5.41, 5.74) is 35.0. The van der Waals surface area contributed by atoms with Crippen molar-refractivity contribution in [3.05, 3.63) is 437 Å². The Bertz CT molecular complexity index is 7620. The third kappa shape index (κ3) is 10.9. The third-order valence-corrected chi connectivity index (χ3v) is 25.4. The molecule has 0 saturated carbocycles. The number of hydrogen-bond donors (Lipinski definition) is 0. The lowest BCUT2D eigenvalue weighted by Crippen LogP contribution is -2.61. The van der Waals surface area contributed by atoms with Crippen molar-refractivity contribution < 1.29 is 8.83 Å². The van der Waals surface area contributed by atoms with Gasteiger partial charge in [0, 0.05) is 99.7 Å². The fourth-order valence-electron chi connectivity index (χ4n) is 20.0. The number of aromatic nitrogens is 2. The van der Waals surface area contributed by atoms with Gasteiger partial charge >= 0.3 is 0 Å². The van der Waals surface area contributed by atoms with Crippen molar-refractivity contribution in [3.63, 3.8) is 0 Å². The molecule has 0 saturated heterocycles. The molecular formula is C114H72BN5O2. The molecule has 0 atom stereocenters. The molecule has 25 rings (SSSR count). The molecule has 7 nitrogen and oxygen atoms in total. The van der Waals surface area contributed by atoms with E-state index in [1.807, 2.05) is 0 Å². The van der Waals surface area contributed by atoms with E-state index in [0.717, 1.165) is 233 Å². The molecule has 2 aliphatic heterocycles. The van der Waals surface area contributed by atoms with E-state index in [-0.39, 0.29) is 0 Å². The van der Waals surface area contributed by atoms with E-state index in [0.29, 0.717) is 0 Å². The van der Waals surface area contributed by atoms with Crippen LogP contribution in [0.15, 0.2) is 446 Å². The van der Waals surface area contributed by atoms with E-state index in [2.05, 4.69) is 461 Å². The quantitative estimate of drug-likeness (QED) is 0.108. The molecule has 0 bridgehead atoms. The van der Waals surface area contributed by atoms with Gasteiger partial charge in [-0.3, -0.25) is 0 Å². The largest absolute Gasteiger partial charge is 0.454 e. The highest BCUT2D eigenvalue weighted by molar-refractivity contribution is 7.00. The van der Waals surface area contributed by atoms with Crippen LogP contribution in [0, 0.1) is 0 Å². The summed E-state index contributed by atoms with van der Waals surface area (Å²) in [7, 11) is 0. The van der Waals surface area contributed by atoms with E-state index in [1.54, 1.807) is 0 Å². The zero-order chi connectivity index (χ0) is 80.0. The number of nitrogens with zero attached hydrogens (tertiary/aromatic N) is 5. The molecule has 6 heterocycles. The summed E-state index contributed by atoms with van der Waals surface area (Å²) in [5.74, 6) is 0. The molecule has 23 aromatic rings. The van der Waals surface area contributed by atoms with Gasteiger partial charge in [-0.25, -0.2) is 0 Å². The summed E-state index contributed by atoms with van der Waals surface area (Å²) in [6, 6.07) is 161. The molecule has 0 radical (unpaired) electrons. The molecule has 4 aromatic heterocycles. The molecule has 0 N–H and O–H groups in total. The molecule has 19 aromatic carbocycles. The molecular weight excluding hydrogens is 1480 g/mol. The Kier molecular flexibility index (Phi) is 15.7. The van der Waals surface area contributed by atoms with Gasteiger partial charge in [0.05, 0.1) is 39.1 Å². The lowest BCUT2D eigenvalue weighted by atomic mass is 9.33. The van der Waals surface area contributed by atoms with Crippen molar-refractivity contribution in [1.82, 2.24) is 9.13 Å². The van der Waals surface area contributed by atoms with Gasteiger partial charge in [0.15, 0.2) is 11.2 Å². The van der Waals surface area contributed by atoms with Crippen LogP contribution in [0.3, 0.4) is 0 Å². The number of benzene rings is 19. The summed E-state index contributed by atoms with van der Waals surface area (Å²) in [6.45, 7) is -0.474. The maximum Gasteiger partial charge on any atom is 0.252 e. The number of fused-ring (bicyclic) bond motifs is 16. The van der Waals surface area contributed by atoms with Crippen LogP contribution in [0.25, 0.3) is 166 Å². The van der Waals surface area contributed by atoms with Gasteiger partial charge < -0.3 is 32.7 Å². The summed E-state index contributed by atoms with van der Waals surface area (Å²) in [5, 5.41) is 8.58. The van der Waals surface area contributed by atoms with Gasteiger partial charge in [-0.15, -0.1) is 0 Å². The van der Waals surface area contributed by atoms with E-state index >= 15 is 0 Å². The molecule has 0 amide bonds. The molecule has 0 fully saturated rings. The van der Waals surface area contributed by atoms with E-state index < -0.39 is 6.71 Å². The smallest absolute Gasteiger partial charge is 0.252 e. The monoisotopic (exact) mass is 1550 g/mol. The van der Waals surface area contributed by atoms with Gasteiger partial charge in [-0.1, -0.05) is 303 Å². The summed E-state index contributed by atoms with van der Waals surface area (Å²) in [4.78, 5) is 7.76. The SMILES string of the molecule is c1ccc(-c2ccc(N(c3ccc(-c4ccccc4)cc3)c3cc4c5c(c3)N(c3c(-c6ccccc6)ccc6c3oc3ccccc36)c3cc6c7cc(-c8ccccc8)ccc7n(-c7ccccc7)c6cc3B5c3cc5c(cc3N4c3c(-c4ccccc4)ccc4c3oc3ccccc34)c3cc(-c4ccccc4)ccc3n5-c3ccccc3)cc2)cc1. The Labute approximate surface area is 704 Å². The minimum atomic E-state index is -0.474. The molecule has 8 heteroatoms. The highest BCUT2D eigenvalue weighted by atomic mass is 16.3. The van der Waals surface area contributed by atoms with Crippen LogP contribution >= 0.6 is 0 Å². The first-order chi connectivity index (χ1) is 60.5. The van der Waals surface area contributed by atoms with Crippen molar-refractivity contribution in [1.29, 1.82) is 0 Å². The first-order valence-electron chi connectivity index (χ1n) is 41.9. The first kappa shape index (κ1) is 69.0. The average molecular weight is 1550 g/mol. The molecule has 122 heavy (non-hydrogen) atoms. The standard InChI is InChI=1S/C114H72BN5O2/c1-9-29-73(30-10-1)77-49-55-85(56-50-77)116(86-57-51-78(52-58-86)74-31-11-2-12-32-74)87-67-106-110-107(68-87)120(112-89(80-39-19-6-20-40-80)60-62-93-91-46-26-28-48-109(91)122-114(93)112)105-70-97-95-66-82(76-35-15-4-16-36-76)54-64-101(95)118(84-43-23-8-24-44-84)103(97)72-99(105)115(110)98-71-102-96(94-65-81(75-33-13-3-14-34-75)53-63-100(94)117(102)83-41-21-7-22-42-83)69-104(98)119(106)111-88(79-37-17-5-18-38-79)59-61-92-90-45-25-27-47-108(90)121-113(92)111/h1-72H. The van der Waals surface area contributed by atoms with Gasteiger partial charge in [0.25, 0.3) is 6.71 Å². The minimum absolute atomic E-state index is 0.474. The Hall–Kier alpha value is -16.2. The third-order valence-electron chi connectivity index (χ3n) is 25.4. The number of anilines is 9. The van der Waals surface area contributed by atoms with Crippen molar-refractivity contribution in [2.75, 3.05) is 14.7 Å². The predicted octanol–water partition coefficient (Wildman–Crippen LogP) is 29.2. The van der Waals surface area contributed by atoms with Gasteiger partial charge in [0.2, 0.25) is 0 Å². The Balaban J connectivity index is 0.897. The second-order valence-corrected chi connectivity index (χ2v) is 32.2. The zero-order valence-electron chi connectivity index (χ0n) is 66.2. The van der Waals surface area contributed by atoms with Crippen molar-refractivity contribution in [3.8, 4) is 78.1 Å². The van der Waals surface area contributed by atoms with Crippen molar-refractivity contribution >= 4 is 162 Å².